The number of benzene rings is 1. The van der Waals surface area contributed by atoms with Gasteiger partial charge in [0.1, 0.15) is 5.75 Å². The molecule has 0 spiro atoms. The van der Waals surface area contributed by atoms with E-state index in [-0.39, 0.29) is 5.91 Å². The second-order valence-corrected chi connectivity index (χ2v) is 7.98. The third-order valence-corrected chi connectivity index (χ3v) is 5.79. The van der Waals surface area contributed by atoms with E-state index in [1.54, 1.807) is 0 Å². The molecule has 0 atom stereocenters. The van der Waals surface area contributed by atoms with Gasteiger partial charge >= 0.3 is 0 Å². The van der Waals surface area contributed by atoms with Crippen molar-refractivity contribution in [2.24, 2.45) is 0 Å². The summed E-state index contributed by atoms with van der Waals surface area (Å²) in [5.74, 6) is 2.23. The van der Waals surface area contributed by atoms with E-state index in [4.69, 9.17) is 4.74 Å². The molecule has 1 saturated heterocycles. The molecule has 168 valence electrons. The van der Waals surface area contributed by atoms with Crippen LogP contribution < -0.4 is 15.0 Å². The molecule has 2 aromatic heterocycles. The number of hydrogen-bond acceptors (Lipinski definition) is 6. The lowest BCUT2D eigenvalue weighted by molar-refractivity contribution is -0.116. The first-order valence-corrected chi connectivity index (χ1v) is 11.2. The van der Waals surface area contributed by atoms with Gasteiger partial charge in [-0.1, -0.05) is 12.1 Å². The molecular formula is C24H30N6O2. The molecule has 8 heteroatoms. The Bertz CT molecular complexity index is 1070. The second kappa shape index (κ2) is 9.80. The van der Waals surface area contributed by atoms with E-state index >= 15 is 0 Å². The van der Waals surface area contributed by atoms with Crippen LogP contribution in [0.15, 0.2) is 36.4 Å². The monoisotopic (exact) mass is 434 g/mol. The number of rotatable bonds is 8. The normalized spacial score (nSPS) is 13.4. The maximum absolute atomic E-state index is 12.6. The Morgan fingerprint density at radius 3 is 2.50 bits per heavy atom. The first-order chi connectivity index (χ1) is 15.6. The molecule has 0 saturated carbocycles. The minimum Gasteiger partial charge on any atom is -0.492 e. The molecule has 1 aromatic carbocycles. The quantitative estimate of drug-likeness (QED) is 0.580. The fourth-order valence-corrected chi connectivity index (χ4v) is 4.11. The van der Waals surface area contributed by atoms with Crippen LogP contribution in [-0.2, 0) is 11.2 Å². The van der Waals surface area contributed by atoms with Gasteiger partial charge in [0, 0.05) is 25.2 Å². The average molecular weight is 435 g/mol. The zero-order valence-corrected chi connectivity index (χ0v) is 19.0. The smallest absolute Gasteiger partial charge is 0.224 e. The van der Waals surface area contributed by atoms with E-state index in [1.807, 2.05) is 61.9 Å². The summed E-state index contributed by atoms with van der Waals surface area (Å²) in [4.78, 5) is 14.8. The van der Waals surface area contributed by atoms with Crippen molar-refractivity contribution >= 4 is 17.4 Å². The van der Waals surface area contributed by atoms with Crippen LogP contribution in [0, 0.1) is 13.8 Å². The van der Waals surface area contributed by atoms with Crippen LogP contribution in [0.25, 0.3) is 5.82 Å². The topological polar surface area (TPSA) is 85.2 Å². The molecule has 1 fully saturated rings. The number of aryl methyl sites for hydroxylation is 1. The fourth-order valence-electron chi connectivity index (χ4n) is 4.11. The summed E-state index contributed by atoms with van der Waals surface area (Å²) in [6.07, 6.45) is 3.36. The molecule has 0 aliphatic carbocycles. The summed E-state index contributed by atoms with van der Waals surface area (Å²) in [6.45, 7) is 8.52. The maximum Gasteiger partial charge on any atom is 0.224 e. The van der Waals surface area contributed by atoms with E-state index < -0.39 is 0 Å². The first-order valence-electron chi connectivity index (χ1n) is 11.2. The van der Waals surface area contributed by atoms with Gasteiger partial charge in [-0.05, 0) is 69.9 Å². The Kier molecular flexibility index (Phi) is 6.68. The van der Waals surface area contributed by atoms with Gasteiger partial charge in [0.2, 0.25) is 5.91 Å². The molecule has 32 heavy (non-hydrogen) atoms. The van der Waals surface area contributed by atoms with Crippen molar-refractivity contribution in [1.82, 2.24) is 20.0 Å². The van der Waals surface area contributed by atoms with Crippen LogP contribution in [0.2, 0.25) is 0 Å². The van der Waals surface area contributed by atoms with Crippen molar-refractivity contribution in [1.29, 1.82) is 0 Å². The minimum atomic E-state index is -0.0570. The first kappa shape index (κ1) is 21.8. The molecule has 0 unspecified atom stereocenters. The van der Waals surface area contributed by atoms with E-state index in [9.17, 15) is 4.79 Å². The largest absolute Gasteiger partial charge is 0.492 e. The van der Waals surface area contributed by atoms with Crippen LogP contribution in [0.5, 0.6) is 5.75 Å². The summed E-state index contributed by atoms with van der Waals surface area (Å²) in [5, 5.41) is 16.4. The highest BCUT2D eigenvalue weighted by molar-refractivity contribution is 5.92. The third-order valence-electron chi connectivity index (χ3n) is 5.79. The minimum absolute atomic E-state index is 0.0570. The number of nitrogens with one attached hydrogen (secondary N) is 1. The number of nitrogens with zero attached hydrogens (tertiary/aromatic N) is 5. The second-order valence-electron chi connectivity index (χ2n) is 7.98. The molecule has 3 aromatic rings. The Morgan fingerprint density at radius 2 is 1.78 bits per heavy atom. The predicted molar refractivity (Wildman–Crippen MR) is 125 cm³/mol. The van der Waals surface area contributed by atoms with Gasteiger partial charge in [-0.3, -0.25) is 4.79 Å². The highest BCUT2D eigenvalue weighted by atomic mass is 16.5. The average Bonchev–Trinajstić information content (AvgIpc) is 3.43. The van der Waals surface area contributed by atoms with Crippen LogP contribution in [0.1, 0.15) is 43.1 Å². The Morgan fingerprint density at radius 1 is 1.06 bits per heavy atom. The van der Waals surface area contributed by atoms with E-state index in [0.717, 1.165) is 35.9 Å². The molecule has 3 heterocycles. The van der Waals surface area contributed by atoms with Crippen molar-refractivity contribution in [2.75, 3.05) is 29.9 Å². The van der Waals surface area contributed by atoms with Crippen molar-refractivity contribution in [2.45, 2.75) is 46.5 Å². The van der Waals surface area contributed by atoms with E-state index in [1.165, 1.54) is 12.8 Å². The van der Waals surface area contributed by atoms with Gasteiger partial charge in [0.05, 0.1) is 18.0 Å². The molecule has 1 N–H and O–H groups in total. The van der Waals surface area contributed by atoms with Gasteiger partial charge in [-0.15, -0.1) is 10.2 Å². The lowest BCUT2D eigenvalue weighted by Crippen LogP contribution is -2.19. The lowest BCUT2D eigenvalue weighted by atomic mass is 10.1. The van der Waals surface area contributed by atoms with Gasteiger partial charge in [0.15, 0.2) is 11.6 Å². The lowest BCUT2D eigenvalue weighted by Gasteiger charge is -2.15. The zero-order chi connectivity index (χ0) is 22.5. The maximum atomic E-state index is 12.6. The molecule has 8 nitrogen and oxygen atoms in total. The Balaban J connectivity index is 1.42. The van der Waals surface area contributed by atoms with Crippen LogP contribution >= 0.6 is 0 Å². The summed E-state index contributed by atoms with van der Waals surface area (Å²) in [5.41, 5.74) is 3.63. The Labute approximate surface area is 188 Å². The van der Waals surface area contributed by atoms with E-state index in [0.29, 0.717) is 36.7 Å². The van der Waals surface area contributed by atoms with Crippen molar-refractivity contribution in [3.63, 3.8) is 0 Å². The third kappa shape index (κ3) is 4.74. The number of aromatic nitrogens is 4. The molecule has 1 aliphatic rings. The number of hydrogen-bond donors (Lipinski definition) is 1. The number of carbonyl (C=O) groups is 1. The van der Waals surface area contributed by atoms with Crippen molar-refractivity contribution < 1.29 is 9.53 Å². The predicted octanol–water partition coefficient (Wildman–Crippen LogP) is 3.85. The van der Waals surface area contributed by atoms with Crippen molar-refractivity contribution in [3.8, 4) is 11.6 Å². The van der Waals surface area contributed by atoms with Crippen LogP contribution in [0.3, 0.4) is 0 Å². The van der Waals surface area contributed by atoms with Gasteiger partial charge < -0.3 is 15.0 Å². The number of anilines is 2. The molecule has 0 radical (unpaired) electrons. The highest BCUT2D eigenvalue weighted by Crippen LogP contribution is 2.25. The standard InChI is InChI=1S/C24H30N6O2/c1-4-32-21-10-6-5-9-20(21)25-24(31)14-11-19-17(2)28-30(18(19)3)23-13-12-22(26-27-23)29-15-7-8-16-29/h5-6,9-10,12-13H,4,7-8,11,14-16H2,1-3H3,(H,25,31). The van der Waals surface area contributed by atoms with Gasteiger partial charge in [-0.25, -0.2) is 4.68 Å². The Hall–Kier alpha value is -3.42. The summed E-state index contributed by atoms with van der Waals surface area (Å²) in [7, 11) is 0. The zero-order valence-electron chi connectivity index (χ0n) is 19.0. The number of para-hydroxylation sites is 2. The van der Waals surface area contributed by atoms with Crippen molar-refractivity contribution in [3.05, 3.63) is 53.3 Å². The highest BCUT2D eigenvalue weighted by Gasteiger charge is 2.18. The fraction of sp³-hybridized carbons (Fsp3) is 0.417. The van der Waals surface area contributed by atoms with Crippen LogP contribution in [-0.4, -0.2) is 45.6 Å². The number of ether oxygens (including phenoxy) is 1. The summed E-state index contributed by atoms with van der Waals surface area (Å²) in [6, 6.07) is 11.4. The molecule has 0 bridgehead atoms. The SMILES string of the molecule is CCOc1ccccc1NC(=O)CCc1c(C)nn(-c2ccc(N3CCCC3)nn2)c1C. The van der Waals surface area contributed by atoms with Crippen LogP contribution in [0.4, 0.5) is 11.5 Å². The van der Waals surface area contributed by atoms with Gasteiger partial charge in [0.25, 0.3) is 0 Å². The number of carbonyl (C=O) groups excluding carboxylic acids is 1. The molecular weight excluding hydrogens is 404 g/mol. The molecule has 1 amide bonds. The number of amides is 1. The molecule has 4 rings (SSSR count). The van der Waals surface area contributed by atoms with E-state index in [2.05, 4.69) is 25.5 Å². The summed E-state index contributed by atoms with van der Waals surface area (Å²) < 4.78 is 7.40. The van der Waals surface area contributed by atoms with Gasteiger partial charge in [-0.2, -0.15) is 5.10 Å². The molecule has 1 aliphatic heterocycles. The summed E-state index contributed by atoms with van der Waals surface area (Å²) >= 11 is 0.